The molecule has 0 spiro atoms. The minimum absolute atomic E-state index is 0.0653. The van der Waals surface area contributed by atoms with Crippen molar-refractivity contribution in [2.75, 3.05) is 13.7 Å². The molecule has 90 valence electrons. The summed E-state index contributed by atoms with van der Waals surface area (Å²) in [6.07, 6.45) is 6.22. The molecule has 0 amide bonds. The van der Waals surface area contributed by atoms with E-state index >= 15 is 0 Å². The summed E-state index contributed by atoms with van der Waals surface area (Å²) in [6.45, 7) is 4.20. The molecule has 0 saturated heterocycles. The first-order valence-electron chi connectivity index (χ1n) is 6.08. The van der Waals surface area contributed by atoms with Gasteiger partial charge in [0, 0.05) is 17.6 Å². The van der Waals surface area contributed by atoms with Crippen molar-refractivity contribution < 1.29 is 5.11 Å². The third-order valence-electron chi connectivity index (χ3n) is 3.72. The first-order chi connectivity index (χ1) is 6.96. The van der Waals surface area contributed by atoms with E-state index in [1.54, 1.807) is 0 Å². The Kier molecular flexibility index (Phi) is 4.56. The standard InChI is InChI=1S/C12H26N2O/c1-10(8-12(2,13)9-15)14(3)11-6-4-5-7-11/h10-11,15H,4-9,13H2,1-3H3. The number of hydrogen-bond donors (Lipinski definition) is 2. The topological polar surface area (TPSA) is 49.5 Å². The van der Waals surface area contributed by atoms with E-state index in [0.717, 1.165) is 12.5 Å². The van der Waals surface area contributed by atoms with Gasteiger partial charge >= 0.3 is 0 Å². The highest BCUT2D eigenvalue weighted by Crippen LogP contribution is 2.25. The molecular weight excluding hydrogens is 188 g/mol. The second kappa shape index (κ2) is 5.28. The fourth-order valence-corrected chi connectivity index (χ4v) is 2.55. The van der Waals surface area contributed by atoms with Gasteiger partial charge in [0.05, 0.1) is 6.61 Å². The Bertz CT molecular complexity index is 188. The summed E-state index contributed by atoms with van der Waals surface area (Å²) in [6, 6.07) is 1.18. The number of nitrogens with zero attached hydrogens (tertiary/aromatic N) is 1. The van der Waals surface area contributed by atoms with Gasteiger partial charge in [0.15, 0.2) is 0 Å². The molecular formula is C12H26N2O. The molecule has 2 unspecified atom stereocenters. The van der Waals surface area contributed by atoms with E-state index in [1.165, 1.54) is 25.7 Å². The van der Waals surface area contributed by atoms with Crippen LogP contribution in [0.15, 0.2) is 0 Å². The summed E-state index contributed by atoms with van der Waals surface area (Å²) in [7, 11) is 2.19. The van der Waals surface area contributed by atoms with E-state index < -0.39 is 5.54 Å². The second-order valence-electron chi connectivity index (χ2n) is 5.47. The number of nitrogens with two attached hydrogens (primary N) is 1. The molecule has 3 nitrogen and oxygen atoms in total. The van der Waals surface area contributed by atoms with Crippen molar-refractivity contribution in [2.45, 2.75) is 63.6 Å². The Morgan fingerprint density at radius 3 is 2.47 bits per heavy atom. The van der Waals surface area contributed by atoms with Crippen molar-refractivity contribution in [2.24, 2.45) is 5.73 Å². The van der Waals surface area contributed by atoms with E-state index in [2.05, 4.69) is 18.9 Å². The van der Waals surface area contributed by atoms with Gasteiger partial charge in [-0.25, -0.2) is 0 Å². The lowest BCUT2D eigenvalue weighted by Gasteiger charge is -2.35. The third kappa shape index (κ3) is 3.74. The first-order valence-corrected chi connectivity index (χ1v) is 6.08. The van der Waals surface area contributed by atoms with Crippen molar-refractivity contribution >= 4 is 0 Å². The maximum absolute atomic E-state index is 9.15. The molecule has 1 saturated carbocycles. The molecule has 1 aliphatic carbocycles. The van der Waals surface area contributed by atoms with Crippen LogP contribution in [-0.2, 0) is 0 Å². The van der Waals surface area contributed by atoms with E-state index in [4.69, 9.17) is 10.8 Å². The number of hydrogen-bond acceptors (Lipinski definition) is 3. The van der Waals surface area contributed by atoms with Gasteiger partial charge in [-0.2, -0.15) is 0 Å². The Hall–Kier alpha value is -0.120. The van der Waals surface area contributed by atoms with Gasteiger partial charge in [-0.05, 0) is 40.2 Å². The lowest BCUT2D eigenvalue weighted by molar-refractivity contribution is 0.127. The van der Waals surface area contributed by atoms with Gasteiger partial charge in [-0.15, -0.1) is 0 Å². The molecule has 0 heterocycles. The summed E-state index contributed by atoms with van der Waals surface area (Å²) in [5.74, 6) is 0. The Balaban J connectivity index is 2.41. The molecule has 3 N–H and O–H groups in total. The largest absolute Gasteiger partial charge is 0.394 e. The molecule has 0 aromatic carbocycles. The number of aliphatic hydroxyl groups excluding tert-OH is 1. The van der Waals surface area contributed by atoms with E-state index in [-0.39, 0.29) is 6.61 Å². The fourth-order valence-electron chi connectivity index (χ4n) is 2.55. The molecule has 0 aromatic heterocycles. The Morgan fingerprint density at radius 1 is 1.47 bits per heavy atom. The van der Waals surface area contributed by atoms with Crippen LogP contribution in [0.4, 0.5) is 0 Å². The molecule has 0 radical (unpaired) electrons. The fraction of sp³-hybridized carbons (Fsp3) is 1.00. The zero-order valence-corrected chi connectivity index (χ0v) is 10.4. The van der Waals surface area contributed by atoms with Crippen LogP contribution in [-0.4, -0.2) is 41.3 Å². The van der Waals surface area contributed by atoms with Crippen LogP contribution in [0.1, 0.15) is 46.0 Å². The molecule has 1 rings (SSSR count). The lowest BCUT2D eigenvalue weighted by atomic mass is 9.94. The highest BCUT2D eigenvalue weighted by Gasteiger charge is 2.27. The minimum Gasteiger partial charge on any atom is -0.394 e. The van der Waals surface area contributed by atoms with Crippen LogP contribution in [0.2, 0.25) is 0 Å². The van der Waals surface area contributed by atoms with Crippen LogP contribution in [0.5, 0.6) is 0 Å². The Labute approximate surface area is 93.6 Å². The maximum Gasteiger partial charge on any atom is 0.0609 e. The maximum atomic E-state index is 9.15. The zero-order valence-electron chi connectivity index (χ0n) is 10.4. The molecule has 2 atom stereocenters. The molecule has 1 fully saturated rings. The monoisotopic (exact) mass is 214 g/mol. The summed E-state index contributed by atoms with van der Waals surface area (Å²) in [4.78, 5) is 2.44. The van der Waals surface area contributed by atoms with Gasteiger partial charge in [-0.1, -0.05) is 12.8 Å². The van der Waals surface area contributed by atoms with Crippen molar-refractivity contribution in [1.82, 2.24) is 4.90 Å². The molecule has 0 aliphatic heterocycles. The zero-order chi connectivity index (χ0) is 11.5. The highest BCUT2D eigenvalue weighted by molar-refractivity contribution is 4.86. The number of rotatable bonds is 5. The normalized spacial score (nSPS) is 24.4. The average Bonchev–Trinajstić information content (AvgIpc) is 2.68. The van der Waals surface area contributed by atoms with Crippen molar-refractivity contribution in [3.8, 4) is 0 Å². The van der Waals surface area contributed by atoms with Crippen molar-refractivity contribution in [1.29, 1.82) is 0 Å². The van der Waals surface area contributed by atoms with Gasteiger partial charge in [-0.3, -0.25) is 0 Å². The lowest BCUT2D eigenvalue weighted by Crippen LogP contribution is -2.48. The van der Waals surface area contributed by atoms with Gasteiger partial charge in [0.1, 0.15) is 0 Å². The van der Waals surface area contributed by atoms with E-state index in [0.29, 0.717) is 6.04 Å². The summed E-state index contributed by atoms with van der Waals surface area (Å²) >= 11 is 0. The van der Waals surface area contributed by atoms with E-state index in [1.807, 2.05) is 6.92 Å². The molecule has 0 aromatic rings. The summed E-state index contributed by atoms with van der Waals surface area (Å²) in [5, 5.41) is 9.15. The van der Waals surface area contributed by atoms with Gasteiger partial charge in [0.25, 0.3) is 0 Å². The predicted octanol–water partition coefficient (Wildman–Crippen LogP) is 1.35. The summed E-state index contributed by atoms with van der Waals surface area (Å²) in [5.41, 5.74) is 5.54. The van der Waals surface area contributed by atoms with Crippen LogP contribution in [0, 0.1) is 0 Å². The average molecular weight is 214 g/mol. The van der Waals surface area contributed by atoms with Gasteiger partial charge < -0.3 is 15.7 Å². The second-order valence-corrected chi connectivity index (χ2v) is 5.47. The van der Waals surface area contributed by atoms with Crippen molar-refractivity contribution in [3.63, 3.8) is 0 Å². The Morgan fingerprint density at radius 2 is 2.00 bits per heavy atom. The first kappa shape index (κ1) is 12.9. The minimum atomic E-state index is -0.438. The van der Waals surface area contributed by atoms with Crippen LogP contribution in [0.3, 0.4) is 0 Å². The van der Waals surface area contributed by atoms with Crippen molar-refractivity contribution in [3.05, 3.63) is 0 Å². The summed E-state index contributed by atoms with van der Waals surface area (Å²) < 4.78 is 0. The third-order valence-corrected chi connectivity index (χ3v) is 3.72. The highest BCUT2D eigenvalue weighted by atomic mass is 16.3. The molecule has 0 bridgehead atoms. The predicted molar refractivity (Wildman–Crippen MR) is 63.8 cm³/mol. The SMILES string of the molecule is CC(CC(C)(N)CO)N(C)C1CCCC1. The number of aliphatic hydroxyl groups is 1. The molecule has 1 aliphatic rings. The van der Waals surface area contributed by atoms with Crippen LogP contribution in [0.25, 0.3) is 0 Å². The van der Waals surface area contributed by atoms with Crippen LogP contribution >= 0.6 is 0 Å². The van der Waals surface area contributed by atoms with Gasteiger partial charge in [0.2, 0.25) is 0 Å². The molecule has 15 heavy (non-hydrogen) atoms. The quantitative estimate of drug-likeness (QED) is 0.726. The smallest absolute Gasteiger partial charge is 0.0609 e. The molecule has 3 heteroatoms. The van der Waals surface area contributed by atoms with E-state index in [9.17, 15) is 0 Å². The van der Waals surface area contributed by atoms with Crippen LogP contribution < -0.4 is 5.73 Å².